The second-order valence-corrected chi connectivity index (χ2v) is 5.52. The van der Waals surface area contributed by atoms with Crippen LogP contribution in [-0.2, 0) is 11.2 Å². The molecule has 0 radical (unpaired) electrons. The van der Waals surface area contributed by atoms with E-state index >= 15 is 0 Å². The number of aromatic hydroxyl groups is 2. The average Bonchev–Trinajstić information content (AvgIpc) is 2.49. The number of benzene rings is 2. The zero-order valence-corrected chi connectivity index (χ0v) is 13.8. The van der Waals surface area contributed by atoms with Crippen molar-refractivity contribution in [1.82, 2.24) is 5.43 Å². The smallest absolute Gasteiger partial charge is 0.244 e. The second kappa shape index (κ2) is 7.50. The van der Waals surface area contributed by atoms with Crippen molar-refractivity contribution in [3.63, 3.8) is 0 Å². The van der Waals surface area contributed by atoms with Crippen molar-refractivity contribution in [3.8, 4) is 17.2 Å². The minimum absolute atomic E-state index is 0.0282. The highest BCUT2D eigenvalue weighted by Crippen LogP contribution is 2.25. The zero-order valence-electron chi connectivity index (χ0n) is 13.8. The molecule has 24 heavy (non-hydrogen) atoms. The van der Waals surface area contributed by atoms with Gasteiger partial charge in [0.25, 0.3) is 0 Å². The molecule has 0 atom stereocenters. The molecular formula is C18H20N2O4. The molecule has 0 spiro atoms. The van der Waals surface area contributed by atoms with Crippen LogP contribution in [0.3, 0.4) is 0 Å². The van der Waals surface area contributed by atoms with Gasteiger partial charge in [-0.25, -0.2) is 5.43 Å². The summed E-state index contributed by atoms with van der Waals surface area (Å²) in [6.45, 7) is 3.65. The van der Waals surface area contributed by atoms with Crippen LogP contribution in [0.1, 0.15) is 22.3 Å². The Labute approximate surface area is 140 Å². The van der Waals surface area contributed by atoms with Crippen LogP contribution in [0.2, 0.25) is 0 Å². The van der Waals surface area contributed by atoms with Gasteiger partial charge in [-0.05, 0) is 48.7 Å². The van der Waals surface area contributed by atoms with Gasteiger partial charge in [-0.3, -0.25) is 4.79 Å². The Balaban J connectivity index is 2.02. The van der Waals surface area contributed by atoms with E-state index in [0.29, 0.717) is 16.9 Å². The monoisotopic (exact) mass is 328 g/mol. The van der Waals surface area contributed by atoms with Crippen LogP contribution in [-0.4, -0.2) is 29.4 Å². The molecule has 6 heteroatoms. The summed E-state index contributed by atoms with van der Waals surface area (Å²) < 4.78 is 5.18. The summed E-state index contributed by atoms with van der Waals surface area (Å²) in [5.41, 5.74) is 5.33. The maximum absolute atomic E-state index is 12.0. The van der Waals surface area contributed by atoms with E-state index in [-0.39, 0.29) is 23.8 Å². The van der Waals surface area contributed by atoms with Gasteiger partial charge < -0.3 is 14.9 Å². The van der Waals surface area contributed by atoms with Crippen molar-refractivity contribution >= 4 is 12.1 Å². The zero-order chi connectivity index (χ0) is 17.7. The van der Waals surface area contributed by atoms with E-state index in [1.807, 2.05) is 19.1 Å². The van der Waals surface area contributed by atoms with Crippen molar-refractivity contribution in [2.24, 2.45) is 5.10 Å². The molecule has 0 unspecified atom stereocenters. The van der Waals surface area contributed by atoms with E-state index in [0.717, 1.165) is 11.1 Å². The topological polar surface area (TPSA) is 91.2 Å². The average molecular weight is 328 g/mol. The number of carbonyl (C=O) groups is 1. The van der Waals surface area contributed by atoms with Crippen LogP contribution in [0, 0.1) is 13.8 Å². The normalized spacial score (nSPS) is 10.8. The number of phenolic OH excluding ortho intramolecular Hbond substituents is 2. The van der Waals surface area contributed by atoms with Gasteiger partial charge in [0.05, 0.1) is 19.7 Å². The van der Waals surface area contributed by atoms with Gasteiger partial charge in [-0.2, -0.15) is 5.10 Å². The number of nitrogens with zero attached hydrogens (tertiary/aromatic N) is 1. The molecule has 2 aromatic carbocycles. The van der Waals surface area contributed by atoms with E-state index < -0.39 is 0 Å². The van der Waals surface area contributed by atoms with Gasteiger partial charge in [0.2, 0.25) is 5.91 Å². The molecule has 0 saturated heterocycles. The van der Waals surface area contributed by atoms with Crippen molar-refractivity contribution in [3.05, 3.63) is 52.6 Å². The highest BCUT2D eigenvalue weighted by molar-refractivity contribution is 5.87. The molecule has 1 amide bonds. The van der Waals surface area contributed by atoms with Gasteiger partial charge in [-0.1, -0.05) is 6.07 Å². The van der Waals surface area contributed by atoms with Crippen molar-refractivity contribution < 1.29 is 19.7 Å². The molecule has 2 aromatic rings. The molecule has 0 bridgehead atoms. The van der Waals surface area contributed by atoms with E-state index in [2.05, 4.69) is 10.5 Å². The standard InChI is InChI=1S/C18H20N2O4/c1-11-4-13(7-15(5-11)24-3)8-18(23)20-19-10-16-12(2)6-14(21)9-17(16)22/h4-7,9-10,21-22H,8H2,1-3H3,(H,20,23). The molecule has 3 N–H and O–H groups in total. The minimum Gasteiger partial charge on any atom is -0.508 e. The number of carbonyl (C=O) groups excluding carboxylic acids is 1. The van der Waals surface area contributed by atoms with Crippen LogP contribution < -0.4 is 10.2 Å². The third kappa shape index (κ3) is 4.49. The first-order chi connectivity index (χ1) is 11.4. The third-order valence-corrected chi connectivity index (χ3v) is 3.44. The van der Waals surface area contributed by atoms with E-state index in [9.17, 15) is 15.0 Å². The second-order valence-electron chi connectivity index (χ2n) is 5.52. The number of phenols is 2. The minimum atomic E-state index is -0.283. The molecule has 0 fully saturated rings. The maximum atomic E-state index is 12.0. The lowest BCUT2D eigenvalue weighted by Crippen LogP contribution is -2.20. The maximum Gasteiger partial charge on any atom is 0.244 e. The van der Waals surface area contributed by atoms with E-state index in [4.69, 9.17) is 4.74 Å². The number of aryl methyl sites for hydroxylation is 2. The number of methoxy groups -OCH3 is 1. The van der Waals surface area contributed by atoms with Gasteiger partial charge in [0.15, 0.2) is 0 Å². The highest BCUT2D eigenvalue weighted by Gasteiger charge is 2.07. The quantitative estimate of drug-likeness (QED) is 0.581. The predicted molar refractivity (Wildman–Crippen MR) is 91.7 cm³/mol. The molecule has 0 aliphatic rings. The van der Waals surface area contributed by atoms with Crippen molar-refractivity contribution in [1.29, 1.82) is 0 Å². The highest BCUT2D eigenvalue weighted by atomic mass is 16.5. The molecular weight excluding hydrogens is 308 g/mol. The number of nitrogens with one attached hydrogen (secondary N) is 1. The van der Waals surface area contributed by atoms with Crippen LogP contribution in [0.4, 0.5) is 0 Å². The summed E-state index contributed by atoms with van der Waals surface area (Å²) in [5.74, 6) is 0.286. The first-order valence-corrected chi connectivity index (χ1v) is 7.38. The Morgan fingerprint density at radius 3 is 2.62 bits per heavy atom. The summed E-state index contributed by atoms with van der Waals surface area (Å²) in [6.07, 6.45) is 1.51. The fourth-order valence-corrected chi connectivity index (χ4v) is 2.37. The molecule has 6 nitrogen and oxygen atoms in total. The van der Waals surface area contributed by atoms with Crippen LogP contribution in [0.25, 0.3) is 0 Å². The predicted octanol–water partition coefficient (Wildman–Crippen LogP) is 2.42. The molecule has 2 rings (SSSR count). The Hall–Kier alpha value is -3.02. The van der Waals surface area contributed by atoms with Crippen molar-refractivity contribution in [2.75, 3.05) is 7.11 Å². The van der Waals surface area contributed by atoms with Crippen LogP contribution in [0.5, 0.6) is 17.2 Å². The molecule has 0 aromatic heterocycles. The molecule has 0 heterocycles. The summed E-state index contributed by atoms with van der Waals surface area (Å²) in [7, 11) is 1.58. The Bertz CT molecular complexity index is 762. The van der Waals surface area contributed by atoms with E-state index in [1.54, 1.807) is 20.1 Å². The Morgan fingerprint density at radius 1 is 1.21 bits per heavy atom. The first-order valence-electron chi connectivity index (χ1n) is 7.38. The summed E-state index contributed by atoms with van der Waals surface area (Å²) in [5, 5.41) is 23.0. The Morgan fingerprint density at radius 2 is 1.96 bits per heavy atom. The van der Waals surface area contributed by atoms with Gasteiger partial charge >= 0.3 is 0 Å². The molecule has 0 aliphatic heterocycles. The fourth-order valence-electron chi connectivity index (χ4n) is 2.37. The molecule has 0 saturated carbocycles. The molecule has 126 valence electrons. The van der Waals surface area contributed by atoms with Gasteiger partial charge in [-0.15, -0.1) is 0 Å². The summed E-state index contributed by atoms with van der Waals surface area (Å²) in [6, 6.07) is 8.31. The van der Waals surface area contributed by atoms with Gasteiger partial charge in [0.1, 0.15) is 17.2 Å². The van der Waals surface area contributed by atoms with Crippen LogP contribution >= 0.6 is 0 Å². The first kappa shape index (κ1) is 17.3. The third-order valence-electron chi connectivity index (χ3n) is 3.44. The number of hydrogen-bond donors (Lipinski definition) is 3. The van der Waals surface area contributed by atoms with Crippen molar-refractivity contribution in [2.45, 2.75) is 20.3 Å². The lowest BCUT2D eigenvalue weighted by atomic mass is 10.1. The number of hydrogen-bond acceptors (Lipinski definition) is 5. The summed E-state index contributed by atoms with van der Waals surface area (Å²) in [4.78, 5) is 12.0. The lowest BCUT2D eigenvalue weighted by molar-refractivity contribution is -0.120. The molecule has 0 aliphatic carbocycles. The van der Waals surface area contributed by atoms with Gasteiger partial charge in [0, 0.05) is 11.6 Å². The lowest BCUT2D eigenvalue weighted by Gasteiger charge is -2.06. The SMILES string of the molecule is COc1cc(C)cc(CC(=O)NN=Cc2c(C)cc(O)cc2O)c1. The largest absolute Gasteiger partial charge is 0.508 e. The number of amides is 1. The van der Waals surface area contributed by atoms with E-state index in [1.165, 1.54) is 18.3 Å². The fraction of sp³-hybridized carbons (Fsp3) is 0.222. The number of rotatable bonds is 5. The van der Waals surface area contributed by atoms with Crippen LogP contribution in [0.15, 0.2) is 35.4 Å². The summed E-state index contributed by atoms with van der Waals surface area (Å²) >= 11 is 0. The number of hydrazone groups is 1. The number of ether oxygens (including phenoxy) is 1. The Kier molecular flexibility index (Phi) is 5.42.